The number of hydrogen-bond donors (Lipinski definition) is 0. The average molecular weight is 356 g/mol. The lowest BCUT2D eigenvalue weighted by Crippen LogP contribution is -1.96. The van der Waals surface area contributed by atoms with Crippen molar-refractivity contribution in [2.45, 2.75) is 29.5 Å². The van der Waals surface area contributed by atoms with Gasteiger partial charge in [0.05, 0.1) is 16.6 Å². The number of rotatable bonds is 4. The highest BCUT2D eigenvalue weighted by Gasteiger charge is 2.27. The molecule has 0 amide bonds. The lowest BCUT2D eigenvalue weighted by molar-refractivity contribution is 0.905. The maximum Gasteiger partial charge on any atom is 0.133 e. The number of nitrogens with zero attached hydrogens (tertiary/aromatic N) is 4. The number of para-hydroxylation sites is 1. The van der Waals surface area contributed by atoms with E-state index in [1.54, 1.807) is 11.8 Å². The molecule has 0 bridgehead atoms. The van der Waals surface area contributed by atoms with Gasteiger partial charge >= 0.3 is 0 Å². The molecule has 1 aliphatic rings. The van der Waals surface area contributed by atoms with Gasteiger partial charge in [0.1, 0.15) is 16.9 Å². The predicted molar refractivity (Wildman–Crippen MR) is 103 cm³/mol. The minimum Gasteiger partial charge on any atom is -0.322 e. The van der Waals surface area contributed by atoms with Crippen molar-refractivity contribution in [1.29, 1.82) is 5.26 Å². The minimum atomic E-state index is 0.519. The first kappa shape index (κ1) is 15.4. The summed E-state index contributed by atoms with van der Waals surface area (Å²) in [5.41, 5.74) is 3.75. The molecule has 3 aromatic heterocycles. The molecule has 0 atom stereocenters. The number of nitriles is 1. The van der Waals surface area contributed by atoms with Gasteiger partial charge in [-0.2, -0.15) is 5.26 Å². The molecule has 0 N–H and O–H groups in total. The zero-order valence-corrected chi connectivity index (χ0v) is 14.9. The van der Waals surface area contributed by atoms with Gasteiger partial charge in [-0.1, -0.05) is 24.3 Å². The SMILES string of the molecule is N#Cc1c(CSc2nc(C3CC3)nc3ccccc23)cn2ccccc12. The Morgan fingerprint density at radius 3 is 2.81 bits per heavy atom. The van der Waals surface area contributed by atoms with Gasteiger partial charge in [-0.25, -0.2) is 9.97 Å². The Bertz CT molecular complexity index is 1170. The van der Waals surface area contributed by atoms with E-state index in [0.717, 1.165) is 44.1 Å². The van der Waals surface area contributed by atoms with Gasteiger partial charge in [0, 0.05) is 29.5 Å². The largest absolute Gasteiger partial charge is 0.322 e. The quantitative estimate of drug-likeness (QED) is 0.384. The second-order valence-electron chi connectivity index (χ2n) is 6.60. The maximum atomic E-state index is 9.60. The van der Waals surface area contributed by atoms with E-state index >= 15 is 0 Å². The summed E-state index contributed by atoms with van der Waals surface area (Å²) in [5.74, 6) is 2.20. The van der Waals surface area contributed by atoms with Crippen LogP contribution >= 0.6 is 11.8 Å². The third-order valence-electron chi connectivity index (χ3n) is 4.77. The molecule has 5 heteroatoms. The summed E-state index contributed by atoms with van der Waals surface area (Å²) in [5, 5.41) is 11.7. The van der Waals surface area contributed by atoms with Gasteiger partial charge in [-0.05, 0) is 36.6 Å². The van der Waals surface area contributed by atoms with Crippen LogP contribution < -0.4 is 0 Å². The van der Waals surface area contributed by atoms with Crippen LogP contribution in [-0.4, -0.2) is 14.4 Å². The van der Waals surface area contributed by atoms with E-state index in [0.29, 0.717) is 5.92 Å². The first-order chi connectivity index (χ1) is 12.8. The van der Waals surface area contributed by atoms with Crippen LogP contribution in [-0.2, 0) is 5.75 Å². The highest BCUT2D eigenvalue weighted by atomic mass is 32.2. The van der Waals surface area contributed by atoms with Crippen LogP contribution in [0, 0.1) is 11.3 Å². The Morgan fingerprint density at radius 1 is 1.12 bits per heavy atom. The summed E-state index contributed by atoms with van der Waals surface area (Å²) >= 11 is 1.69. The fourth-order valence-electron chi connectivity index (χ4n) is 3.26. The molecule has 3 heterocycles. The van der Waals surface area contributed by atoms with E-state index < -0.39 is 0 Å². The molecule has 26 heavy (non-hydrogen) atoms. The molecular formula is C21H16N4S. The number of benzene rings is 1. The van der Waals surface area contributed by atoms with Gasteiger partial charge in [0.15, 0.2) is 0 Å². The van der Waals surface area contributed by atoms with E-state index in [4.69, 9.17) is 9.97 Å². The molecule has 1 saturated carbocycles. The standard InChI is InChI=1S/C21H16N4S/c22-11-17-15(12-25-10-4-3-7-19(17)25)13-26-21-16-5-1-2-6-18(16)23-20(24-21)14-8-9-14/h1-7,10,12,14H,8-9,13H2. The molecule has 1 fully saturated rings. The lowest BCUT2D eigenvalue weighted by Gasteiger charge is -2.07. The summed E-state index contributed by atoms with van der Waals surface area (Å²) in [4.78, 5) is 9.59. The van der Waals surface area contributed by atoms with Crippen molar-refractivity contribution in [2.24, 2.45) is 0 Å². The molecule has 1 aliphatic carbocycles. The average Bonchev–Trinajstić information content (AvgIpc) is 3.47. The van der Waals surface area contributed by atoms with Crippen LogP contribution in [0.5, 0.6) is 0 Å². The number of thioether (sulfide) groups is 1. The third-order valence-corrected chi connectivity index (χ3v) is 5.81. The zero-order valence-electron chi connectivity index (χ0n) is 14.1. The Kier molecular flexibility index (Phi) is 3.65. The fraction of sp³-hybridized carbons (Fsp3) is 0.190. The number of pyridine rings is 1. The number of hydrogen-bond acceptors (Lipinski definition) is 4. The number of aromatic nitrogens is 3. The normalized spacial score (nSPS) is 14.0. The topological polar surface area (TPSA) is 54.0 Å². The van der Waals surface area contributed by atoms with E-state index in [1.807, 2.05) is 47.1 Å². The number of fused-ring (bicyclic) bond motifs is 2. The summed E-state index contributed by atoms with van der Waals surface area (Å²) in [6.07, 6.45) is 6.40. The summed E-state index contributed by atoms with van der Waals surface area (Å²) in [6, 6.07) is 16.5. The van der Waals surface area contributed by atoms with Crippen LogP contribution in [0.3, 0.4) is 0 Å². The van der Waals surface area contributed by atoms with Crippen LogP contribution in [0.15, 0.2) is 59.9 Å². The van der Waals surface area contributed by atoms with Crippen molar-refractivity contribution in [3.8, 4) is 6.07 Å². The second-order valence-corrected chi connectivity index (χ2v) is 7.57. The Labute approximate surface area is 155 Å². The molecule has 0 radical (unpaired) electrons. The van der Waals surface area contributed by atoms with E-state index in [2.05, 4.69) is 18.2 Å². The molecule has 0 unspecified atom stereocenters. The molecular weight excluding hydrogens is 340 g/mol. The Balaban J connectivity index is 1.53. The molecule has 4 nitrogen and oxygen atoms in total. The monoisotopic (exact) mass is 356 g/mol. The third kappa shape index (κ3) is 2.63. The van der Waals surface area contributed by atoms with Gasteiger partial charge in [-0.3, -0.25) is 0 Å². The van der Waals surface area contributed by atoms with Crippen molar-refractivity contribution in [2.75, 3.05) is 0 Å². The van der Waals surface area contributed by atoms with Crippen molar-refractivity contribution >= 4 is 28.2 Å². The van der Waals surface area contributed by atoms with Crippen LogP contribution in [0.4, 0.5) is 0 Å². The van der Waals surface area contributed by atoms with Gasteiger partial charge in [-0.15, -0.1) is 11.8 Å². The molecule has 0 saturated heterocycles. The van der Waals surface area contributed by atoms with Crippen molar-refractivity contribution < 1.29 is 0 Å². The molecule has 0 aliphatic heterocycles. The second kappa shape index (κ2) is 6.15. The first-order valence-electron chi connectivity index (χ1n) is 8.71. The van der Waals surface area contributed by atoms with Crippen LogP contribution in [0.25, 0.3) is 16.4 Å². The zero-order chi connectivity index (χ0) is 17.5. The highest BCUT2D eigenvalue weighted by Crippen LogP contribution is 2.40. The van der Waals surface area contributed by atoms with Crippen molar-refractivity contribution in [1.82, 2.24) is 14.4 Å². The summed E-state index contributed by atoms with van der Waals surface area (Å²) in [6.45, 7) is 0. The Morgan fingerprint density at radius 2 is 1.96 bits per heavy atom. The predicted octanol–water partition coefficient (Wildman–Crippen LogP) is 4.92. The first-order valence-corrected chi connectivity index (χ1v) is 9.70. The van der Waals surface area contributed by atoms with Crippen LogP contribution in [0.1, 0.15) is 35.7 Å². The fourth-order valence-corrected chi connectivity index (χ4v) is 4.26. The molecule has 126 valence electrons. The summed E-state index contributed by atoms with van der Waals surface area (Å²) in [7, 11) is 0. The maximum absolute atomic E-state index is 9.60. The summed E-state index contributed by atoms with van der Waals surface area (Å²) < 4.78 is 2.02. The molecule has 4 aromatic rings. The van der Waals surface area contributed by atoms with E-state index in [1.165, 1.54) is 12.8 Å². The van der Waals surface area contributed by atoms with Gasteiger partial charge < -0.3 is 4.40 Å². The Hall–Kier alpha value is -2.84. The van der Waals surface area contributed by atoms with Crippen LogP contribution in [0.2, 0.25) is 0 Å². The van der Waals surface area contributed by atoms with Crippen molar-refractivity contribution in [3.63, 3.8) is 0 Å². The lowest BCUT2D eigenvalue weighted by atomic mass is 10.2. The van der Waals surface area contributed by atoms with E-state index in [9.17, 15) is 5.26 Å². The van der Waals surface area contributed by atoms with Crippen molar-refractivity contribution in [3.05, 3.63) is 71.8 Å². The minimum absolute atomic E-state index is 0.519. The van der Waals surface area contributed by atoms with Gasteiger partial charge in [0.2, 0.25) is 0 Å². The molecule has 1 aromatic carbocycles. The smallest absolute Gasteiger partial charge is 0.133 e. The molecule has 0 spiro atoms. The highest BCUT2D eigenvalue weighted by molar-refractivity contribution is 7.98. The van der Waals surface area contributed by atoms with E-state index in [-0.39, 0.29) is 0 Å². The molecule has 5 rings (SSSR count). The van der Waals surface area contributed by atoms with Gasteiger partial charge in [0.25, 0.3) is 0 Å².